The van der Waals surface area contributed by atoms with E-state index < -0.39 is 15.9 Å². The molecule has 0 saturated carbocycles. The smallest absolute Gasteiger partial charge is 0.204 e. The van der Waals surface area contributed by atoms with Crippen molar-refractivity contribution in [1.29, 1.82) is 0 Å². The van der Waals surface area contributed by atoms with Crippen LogP contribution in [-0.2, 0) is 9.84 Å². The van der Waals surface area contributed by atoms with Crippen LogP contribution >= 0.6 is 0 Å². The second kappa shape index (κ2) is 4.59. The van der Waals surface area contributed by atoms with Crippen LogP contribution in [0.2, 0.25) is 0 Å². The van der Waals surface area contributed by atoms with Gasteiger partial charge in [0.1, 0.15) is 0 Å². The van der Waals surface area contributed by atoms with Crippen LogP contribution in [0, 0.1) is 0 Å². The lowest BCUT2D eigenvalue weighted by atomic mass is 10.3. The number of benzene rings is 1. The lowest BCUT2D eigenvalue weighted by Gasteiger charge is -2.12. The molecule has 0 amide bonds. The Kier molecular flexibility index (Phi) is 3.66. The van der Waals surface area contributed by atoms with E-state index in [0.29, 0.717) is 6.42 Å². The Labute approximate surface area is 90.0 Å². The highest BCUT2D eigenvalue weighted by atomic mass is 32.2. The lowest BCUT2D eigenvalue weighted by molar-refractivity contribution is 0.214. The van der Waals surface area contributed by atoms with E-state index >= 15 is 0 Å². The predicted molar refractivity (Wildman–Crippen MR) is 59.1 cm³/mol. The zero-order chi connectivity index (χ0) is 11.5. The normalized spacial score (nSPS) is 13.5. The maximum Gasteiger partial charge on any atom is 0.204 e. The molecule has 0 saturated heterocycles. The number of hydrogen-bond acceptors (Lipinski definition) is 3. The van der Waals surface area contributed by atoms with Crippen molar-refractivity contribution in [2.45, 2.75) is 24.3 Å². The van der Waals surface area contributed by atoms with Gasteiger partial charge in [-0.05, 0) is 18.6 Å². The van der Waals surface area contributed by atoms with E-state index in [1.807, 2.05) is 0 Å². The van der Waals surface area contributed by atoms with Crippen molar-refractivity contribution in [1.82, 2.24) is 0 Å². The minimum absolute atomic E-state index is 0.142. The Morgan fingerprint density at radius 3 is 2.40 bits per heavy atom. The van der Waals surface area contributed by atoms with Gasteiger partial charge in [0.05, 0.1) is 15.9 Å². The summed E-state index contributed by atoms with van der Waals surface area (Å²) >= 11 is 0. The minimum Gasteiger partial charge on any atom is -0.388 e. The van der Waals surface area contributed by atoms with Crippen molar-refractivity contribution in [2.75, 3.05) is 0 Å². The first-order chi connectivity index (χ1) is 7.00. The second-order valence-corrected chi connectivity index (χ2v) is 5.21. The van der Waals surface area contributed by atoms with Gasteiger partial charge in [-0.2, -0.15) is 0 Å². The fourth-order valence-electron chi connectivity index (χ4n) is 1.16. The highest BCUT2D eigenvalue weighted by molar-refractivity contribution is 7.95. The molecule has 0 aromatic heterocycles. The molecule has 15 heavy (non-hydrogen) atoms. The van der Waals surface area contributed by atoms with Gasteiger partial charge in [-0.1, -0.05) is 31.7 Å². The van der Waals surface area contributed by atoms with E-state index in [-0.39, 0.29) is 9.80 Å². The molecule has 0 aliphatic rings. The molecular formula is C11H14O3S. The van der Waals surface area contributed by atoms with E-state index in [4.69, 9.17) is 0 Å². The van der Waals surface area contributed by atoms with Gasteiger partial charge >= 0.3 is 0 Å². The molecule has 1 rings (SSSR count). The average molecular weight is 226 g/mol. The molecule has 1 N–H and O–H groups in total. The molecule has 0 fully saturated rings. The molecule has 1 unspecified atom stereocenters. The Morgan fingerprint density at radius 1 is 1.40 bits per heavy atom. The van der Waals surface area contributed by atoms with Gasteiger partial charge in [0.25, 0.3) is 0 Å². The van der Waals surface area contributed by atoms with Crippen LogP contribution in [0.1, 0.15) is 13.3 Å². The Morgan fingerprint density at radius 2 is 1.93 bits per heavy atom. The molecule has 0 heterocycles. The van der Waals surface area contributed by atoms with Gasteiger partial charge in [0.2, 0.25) is 9.84 Å². The Hall–Kier alpha value is -1.13. The van der Waals surface area contributed by atoms with Crippen LogP contribution in [0.5, 0.6) is 0 Å². The number of aliphatic hydroxyl groups excluding tert-OH is 1. The topological polar surface area (TPSA) is 54.4 Å². The largest absolute Gasteiger partial charge is 0.388 e. The van der Waals surface area contributed by atoms with E-state index in [2.05, 4.69) is 6.58 Å². The first-order valence-electron chi connectivity index (χ1n) is 4.67. The summed E-state index contributed by atoms with van der Waals surface area (Å²) in [4.78, 5) is 0.0266. The maximum atomic E-state index is 11.9. The molecule has 82 valence electrons. The number of rotatable bonds is 4. The summed E-state index contributed by atoms with van der Waals surface area (Å²) in [6.45, 7) is 5.14. The minimum atomic E-state index is -3.59. The summed E-state index contributed by atoms with van der Waals surface area (Å²) in [6, 6.07) is 7.99. The van der Waals surface area contributed by atoms with Gasteiger partial charge in [-0.15, -0.1) is 0 Å². The molecule has 0 bridgehead atoms. The quantitative estimate of drug-likeness (QED) is 0.851. The predicted octanol–water partition coefficient (Wildman–Crippen LogP) is 1.74. The van der Waals surface area contributed by atoms with Gasteiger partial charge < -0.3 is 5.11 Å². The molecule has 0 radical (unpaired) electrons. The van der Waals surface area contributed by atoms with E-state index in [9.17, 15) is 13.5 Å². The molecule has 0 aliphatic carbocycles. The molecule has 0 aliphatic heterocycles. The van der Waals surface area contributed by atoms with E-state index in [1.165, 1.54) is 12.1 Å². The Bertz CT molecular complexity index is 434. The molecule has 1 aromatic rings. The van der Waals surface area contributed by atoms with Crippen molar-refractivity contribution in [3.05, 3.63) is 41.8 Å². The standard InChI is InChI=1S/C11H14O3S/c1-3-11(12)9(2)15(13,14)10-7-5-4-6-8-10/h4-8,11-12H,2-3H2,1H3. The molecule has 3 nitrogen and oxygen atoms in total. The fraction of sp³-hybridized carbons (Fsp3) is 0.273. The van der Waals surface area contributed by atoms with Crippen LogP contribution in [0.15, 0.2) is 46.7 Å². The summed E-state index contributed by atoms with van der Waals surface area (Å²) < 4.78 is 23.7. The number of hydrogen-bond donors (Lipinski definition) is 1. The van der Waals surface area contributed by atoms with Crippen molar-refractivity contribution in [2.24, 2.45) is 0 Å². The SMILES string of the molecule is C=C(C(O)CC)S(=O)(=O)c1ccccc1. The summed E-state index contributed by atoms with van der Waals surface area (Å²) in [5.41, 5.74) is 0. The van der Waals surface area contributed by atoms with Crippen LogP contribution in [0.4, 0.5) is 0 Å². The summed E-state index contributed by atoms with van der Waals surface area (Å²) in [7, 11) is -3.59. The molecule has 1 atom stereocenters. The zero-order valence-corrected chi connectivity index (χ0v) is 9.37. The highest BCUT2D eigenvalue weighted by Gasteiger charge is 2.23. The summed E-state index contributed by atoms with van der Waals surface area (Å²) in [5.74, 6) is 0. The average Bonchev–Trinajstić information content (AvgIpc) is 2.28. The zero-order valence-electron chi connectivity index (χ0n) is 8.55. The first kappa shape index (κ1) is 11.9. The molecule has 4 heteroatoms. The third kappa shape index (κ3) is 2.46. The van der Waals surface area contributed by atoms with Gasteiger partial charge in [0.15, 0.2) is 0 Å². The lowest BCUT2D eigenvalue weighted by Crippen LogP contribution is -2.16. The van der Waals surface area contributed by atoms with Crippen molar-refractivity contribution < 1.29 is 13.5 Å². The molecular weight excluding hydrogens is 212 g/mol. The second-order valence-electron chi connectivity index (χ2n) is 3.21. The third-order valence-corrected chi connectivity index (χ3v) is 4.01. The summed E-state index contributed by atoms with van der Waals surface area (Å²) in [6.07, 6.45) is -0.666. The number of sulfone groups is 1. The van der Waals surface area contributed by atoms with Gasteiger partial charge in [-0.3, -0.25) is 0 Å². The van der Waals surface area contributed by atoms with Crippen LogP contribution in [-0.4, -0.2) is 19.6 Å². The van der Waals surface area contributed by atoms with Crippen molar-refractivity contribution in [3.8, 4) is 0 Å². The molecule has 0 spiro atoms. The Balaban J connectivity index is 3.10. The van der Waals surface area contributed by atoms with E-state index in [0.717, 1.165) is 0 Å². The fourth-order valence-corrected chi connectivity index (χ4v) is 2.50. The van der Waals surface area contributed by atoms with Crippen LogP contribution < -0.4 is 0 Å². The highest BCUT2D eigenvalue weighted by Crippen LogP contribution is 2.21. The maximum absolute atomic E-state index is 11.9. The van der Waals surface area contributed by atoms with Gasteiger partial charge in [0, 0.05) is 0 Å². The molecule has 1 aromatic carbocycles. The van der Waals surface area contributed by atoms with Crippen LogP contribution in [0.25, 0.3) is 0 Å². The van der Waals surface area contributed by atoms with E-state index in [1.54, 1.807) is 25.1 Å². The first-order valence-corrected chi connectivity index (χ1v) is 6.15. The summed E-state index contributed by atoms with van der Waals surface area (Å²) in [5, 5.41) is 9.44. The third-order valence-electron chi connectivity index (χ3n) is 2.16. The number of aliphatic hydroxyl groups is 1. The van der Waals surface area contributed by atoms with Crippen molar-refractivity contribution in [3.63, 3.8) is 0 Å². The van der Waals surface area contributed by atoms with Gasteiger partial charge in [-0.25, -0.2) is 8.42 Å². The monoisotopic (exact) mass is 226 g/mol. The van der Waals surface area contributed by atoms with Crippen LogP contribution in [0.3, 0.4) is 0 Å². The van der Waals surface area contributed by atoms with Crippen molar-refractivity contribution >= 4 is 9.84 Å².